The number of pyridine rings is 1. The molecular weight excluding hydrogens is 428 g/mol. The molecule has 8 nitrogen and oxygen atoms in total. The van der Waals surface area contributed by atoms with E-state index in [0.29, 0.717) is 18.8 Å². The average Bonchev–Trinajstić information content (AvgIpc) is 2.98. The summed E-state index contributed by atoms with van der Waals surface area (Å²) in [7, 11) is -3.67. The number of aromatic nitrogens is 3. The minimum atomic E-state index is -3.67. The number of halogens is 2. The van der Waals surface area contributed by atoms with Crippen molar-refractivity contribution in [3.05, 3.63) is 54.0 Å². The van der Waals surface area contributed by atoms with Gasteiger partial charge in [0.15, 0.2) is 5.65 Å². The van der Waals surface area contributed by atoms with Crippen LogP contribution in [0, 0.1) is 0 Å². The van der Waals surface area contributed by atoms with Crippen molar-refractivity contribution in [1.82, 2.24) is 18.9 Å². The highest BCUT2D eigenvalue weighted by Gasteiger charge is 2.25. The number of benzene rings is 1. The maximum absolute atomic E-state index is 13.1. The standard InChI is InChI=1S/C20H21F2N5O3S/c21-18(22)19-25-24-17-9-8-14(13-27(17)19)20(28)23-15-6-5-7-16(12-15)31(29,30)26-10-3-1-2-4-11-26/h5-9,12-13,18H,1-4,10-11H2,(H,23,28). The molecule has 0 aliphatic carbocycles. The summed E-state index contributed by atoms with van der Waals surface area (Å²) in [6.45, 7) is 0.953. The lowest BCUT2D eigenvalue weighted by Crippen LogP contribution is -2.32. The maximum Gasteiger partial charge on any atom is 0.297 e. The van der Waals surface area contributed by atoms with E-state index in [0.717, 1.165) is 30.1 Å². The van der Waals surface area contributed by atoms with Crippen LogP contribution in [0.15, 0.2) is 47.5 Å². The Labute approximate surface area is 177 Å². The van der Waals surface area contributed by atoms with Gasteiger partial charge in [-0.05, 0) is 43.2 Å². The molecule has 1 saturated heterocycles. The number of carbonyl (C=O) groups excluding carboxylic acids is 1. The lowest BCUT2D eigenvalue weighted by molar-refractivity contribution is 0.102. The fourth-order valence-corrected chi connectivity index (χ4v) is 5.12. The van der Waals surface area contributed by atoms with Crippen molar-refractivity contribution in [1.29, 1.82) is 0 Å². The van der Waals surface area contributed by atoms with Crippen LogP contribution in [0.5, 0.6) is 0 Å². The van der Waals surface area contributed by atoms with Crippen molar-refractivity contribution in [2.24, 2.45) is 0 Å². The first-order chi connectivity index (χ1) is 14.9. The van der Waals surface area contributed by atoms with Crippen molar-refractivity contribution in [3.63, 3.8) is 0 Å². The second-order valence-electron chi connectivity index (χ2n) is 7.31. The predicted molar refractivity (Wildman–Crippen MR) is 110 cm³/mol. The molecule has 4 rings (SSSR count). The zero-order valence-corrected chi connectivity index (χ0v) is 17.4. The first kappa shape index (κ1) is 21.3. The van der Waals surface area contributed by atoms with Crippen LogP contribution in [0.2, 0.25) is 0 Å². The second kappa shape index (κ2) is 8.67. The summed E-state index contributed by atoms with van der Waals surface area (Å²) in [5, 5.41) is 9.70. The second-order valence-corrected chi connectivity index (χ2v) is 9.24. The number of hydrogen-bond donors (Lipinski definition) is 1. The lowest BCUT2D eigenvalue weighted by atomic mass is 10.2. The fraction of sp³-hybridized carbons (Fsp3) is 0.350. The number of nitrogens with zero attached hydrogens (tertiary/aromatic N) is 4. The van der Waals surface area contributed by atoms with Gasteiger partial charge >= 0.3 is 0 Å². The van der Waals surface area contributed by atoms with E-state index in [9.17, 15) is 22.0 Å². The van der Waals surface area contributed by atoms with Crippen LogP contribution in [0.1, 0.15) is 48.3 Å². The molecule has 1 aliphatic heterocycles. The summed E-state index contributed by atoms with van der Waals surface area (Å²) < 4.78 is 54.6. The van der Waals surface area contributed by atoms with E-state index in [1.54, 1.807) is 12.1 Å². The van der Waals surface area contributed by atoms with Crippen LogP contribution < -0.4 is 5.32 Å². The highest BCUT2D eigenvalue weighted by molar-refractivity contribution is 7.89. The Morgan fingerprint density at radius 3 is 2.48 bits per heavy atom. The molecule has 0 unspecified atom stereocenters. The van der Waals surface area contributed by atoms with Gasteiger partial charge in [-0.1, -0.05) is 18.9 Å². The molecule has 1 aromatic carbocycles. The molecule has 1 N–H and O–H groups in total. The summed E-state index contributed by atoms with van der Waals surface area (Å²) in [6, 6.07) is 8.87. The van der Waals surface area contributed by atoms with E-state index >= 15 is 0 Å². The number of alkyl halides is 2. The summed E-state index contributed by atoms with van der Waals surface area (Å²) >= 11 is 0. The number of rotatable bonds is 5. The quantitative estimate of drug-likeness (QED) is 0.643. The third-order valence-electron chi connectivity index (χ3n) is 5.18. The Morgan fingerprint density at radius 2 is 1.77 bits per heavy atom. The maximum atomic E-state index is 13.1. The Bertz CT molecular complexity index is 1200. The summed E-state index contributed by atoms with van der Waals surface area (Å²) in [4.78, 5) is 12.8. The van der Waals surface area contributed by atoms with Crippen LogP contribution >= 0.6 is 0 Å². The van der Waals surface area contributed by atoms with Gasteiger partial charge in [0.05, 0.1) is 10.5 Å². The summed E-state index contributed by atoms with van der Waals surface area (Å²) in [6.07, 6.45) is 2.04. The average molecular weight is 449 g/mol. The first-order valence-electron chi connectivity index (χ1n) is 9.91. The van der Waals surface area contributed by atoms with Crippen molar-refractivity contribution in [3.8, 4) is 0 Å². The molecule has 0 spiro atoms. The molecule has 164 valence electrons. The highest BCUT2D eigenvalue weighted by Crippen LogP contribution is 2.23. The van der Waals surface area contributed by atoms with Gasteiger partial charge in [0.1, 0.15) is 0 Å². The van der Waals surface area contributed by atoms with Crippen LogP contribution in [-0.4, -0.2) is 46.3 Å². The molecule has 0 radical (unpaired) electrons. The summed E-state index contributed by atoms with van der Waals surface area (Å²) in [5.74, 6) is -1.13. The Hall–Kier alpha value is -2.92. The van der Waals surface area contributed by atoms with Crippen LogP contribution in [0.25, 0.3) is 5.65 Å². The fourth-order valence-electron chi connectivity index (χ4n) is 3.56. The minimum Gasteiger partial charge on any atom is -0.322 e. The van der Waals surface area contributed by atoms with Crippen LogP contribution in [-0.2, 0) is 10.0 Å². The van der Waals surface area contributed by atoms with Gasteiger partial charge in [0.25, 0.3) is 12.3 Å². The van der Waals surface area contributed by atoms with Crippen LogP contribution in [0.4, 0.5) is 14.5 Å². The lowest BCUT2D eigenvalue weighted by Gasteiger charge is -2.20. The number of fused-ring (bicyclic) bond motifs is 1. The van der Waals surface area contributed by atoms with Gasteiger partial charge < -0.3 is 5.32 Å². The smallest absolute Gasteiger partial charge is 0.297 e. The first-order valence-corrected chi connectivity index (χ1v) is 11.3. The van der Waals surface area contributed by atoms with E-state index in [-0.39, 0.29) is 16.1 Å². The molecule has 1 fully saturated rings. The molecule has 0 atom stereocenters. The zero-order valence-electron chi connectivity index (χ0n) is 16.5. The number of amides is 1. The largest absolute Gasteiger partial charge is 0.322 e. The molecule has 2 aromatic heterocycles. The molecule has 0 saturated carbocycles. The molecule has 1 aliphatic rings. The number of nitrogens with one attached hydrogen (secondary N) is 1. The molecule has 11 heteroatoms. The zero-order chi connectivity index (χ0) is 22.0. The van der Waals surface area contributed by atoms with Gasteiger partial charge in [-0.2, -0.15) is 4.31 Å². The van der Waals surface area contributed by atoms with E-state index < -0.39 is 28.2 Å². The Kier molecular flexibility index (Phi) is 5.96. The van der Waals surface area contributed by atoms with E-state index in [4.69, 9.17) is 0 Å². The van der Waals surface area contributed by atoms with Crippen molar-refractivity contribution < 1.29 is 22.0 Å². The molecule has 1 amide bonds. The number of hydrogen-bond acceptors (Lipinski definition) is 5. The van der Waals surface area contributed by atoms with E-state index in [2.05, 4.69) is 15.5 Å². The van der Waals surface area contributed by atoms with Gasteiger partial charge in [0.2, 0.25) is 15.8 Å². The third-order valence-corrected chi connectivity index (χ3v) is 7.08. The topological polar surface area (TPSA) is 96.7 Å². The van der Waals surface area contributed by atoms with Gasteiger partial charge in [-0.25, -0.2) is 17.2 Å². The van der Waals surface area contributed by atoms with Gasteiger partial charge in [-0.15, -0.1) is 10.2 Å². The summed E-state index contributed by atoms with van der Waals surface area (Å²) in [5.41, 5.74) is 0.589. The van der Waals surface area contributed by atoms with Crippen molar-refractivity contribution >= 4 is 27.3 Å². The molecule has 3 heterocycles. The third kappa shape index (κ3) is 4.42. The number of carbonyl (C=O) groups is 1. The molecule has 31 heavy (non-hydrogen) atoms. The van der Waals surface area contributed by atoms with E-state index in [1.165, 1.54) is 34.8 Å². The molecular formula is C20H21F2N5O3S. The SMILES string of the molecule is O=C(Nc1cccc(S(=O)(=O)N2CCCCCC2)c1)c1ccc2nnc(C(F)F)n2c1. The van der Waals surface area contributed by atoms with Crippen molar-refractivity contribution in [2.45, 2.75) is 37.0 Å². The Balaban J connectivity index is 1.57. The molecule has 3 aromatic rings. The Morgan fingerprint density at radius 1 is 1.03 bits per heavy atom. The van der Waals surface area contributed by atoms with Crippen LogP contribution in [0.3, 0.4) is 0 Å². The highest BCUT2D eigenvalue weighted by atomic mass is 32.2. The number of anilines is 1. The molecule has 0 bridgehead atoms. The van der Waals surface area contributed by atoms with Gasteiger partial charge in [-0.3, -0.25) is 9.20 Å². The monoisotopic (exact) mass is 449 g/mol. The normalized spacial score (nSPS) is 15.8. The van der Waals surface area contributed by atoms with E-state index in [1.807, 2.05) is 0 Å². The van der Waals surface area contributed by atoms with Crippen molar-refractivity contribution in [2.75, 3.05) is 18.4 Å². The number of sulfonamides is 1. The predicted octanol–water partition coefficient (Wildman–Crippen LogP) is 3.48. The minimum absolute atomic E-state index is 0.0986. The van der Waals surface area contributed by atoms with Gasteiger partial charge in [0, 0.05) is 25.0 Å².